The van der Waals surface area contributed by atoms with E-state index in [1.807, 2.05) is 11.3 Å². The molecule has 4 saturated carbocycles. The molecular weight excluding hydrogens is 436 g/mol. The number of hydrogen-bond acceptors (Lipinski definition) is 4. The highest BCUT2D eigenvalue weighted by molar-refractivity contribution is 7.11. The second-order valence-corrected chi connectivity index (χ2v) is 14.7. The molecule has 1 aromatic heterocycles. The minimum Gasteiger partial charge on any atom is -0.393 e. The molecule has 0 aromatic carbocycles. The molecule has 1 aromatic rings. The molecule has 0 radical (unpaired) electrons. The molecule has 0 aliphatic heterocycles. The average Bonchev–Trinajstić information content (AvgIpc) is 3.42. The normalized spacial score (nSPS) is 45.0. The smallest absolute Gasteiger partial charge is 0.119 e. The van der Waals surface area contributed by atoms with Crippen LogP contribution in [0.5, 0.6) is 0 Å². The van der Waals surface area contributed by atoms with Crippen molar-refractivity contribution in [1.29, 1.82) is 0 Å². The number of hydrogen-bond donors (Lipinski definition) is 1. The van der Waals surface area contributed by atoms with Gasteiger partial charge in [-0.1, -0.05) is 60.8 Å². The Labute approximate surface area is 212 Å². The van der Waals surface area contributed by atoms with Crippen LogP contribution >= 0.6 is 11.3 Å². The van der Waals surface area contributed by atoms with Gasteiger partial charge in [0.05, 0.1) is 6.10 Å². The van der Waals surface area contributed by atoms with Gasteiger partial charge in [-0.25, -0.2) is 0 Å². The van der Waals surface area contributed by atoms with E-state index in [4.69, 9.17) is 0 Å². The maximum atomic E-state index is 11.9. The van der Waals surface area contributed by atoms with E-state index in [0.29, 0.717) is 28.6 Å². The zero-order chi connectivity index (χ0) is 24.3. The first kappa shape index (κ1) is 25.2. The summed E-state index contributed by atoms with van der Waals surface area (Å²) in [6, 6.07) is 0. The lowest BCUT2D eigenvalue weighted by Crippen LogP contribution is -2.61. The van der Waals surface area contributed by atoms with Crippen molar-refractivity contribution in [2.45, 2.75) is 124 Å². The molecule has 34 heavy (non-hydrogen) atoms. The molecule has 0 bridgehead atoms. The molecule has 10 atom stereocenters. The molecule has 0 saturated heterocycles. The van der Waals surface area contributed by atoms with Crippen molar-refractivity contribution < 1.29 is 5.11 Å². The topological polar surface area (TPSA) is 46.0 Å². The predicted octanol–water partition coefficient (Wildman–Crippen LogP) is 7.89. The molecule has 1 heterocycles. The summed E-state index contributed by atoms with van der Waals surface area (Å²) in [4.78, 5) is 0. The minimum absolute atomic E-state index is 0.0688. The lowest BCUT2D eigenvalue weighted by Gasteiger charge is -2.64. The monoisotopic (exact) mass is 486 g/mol. The van der Waals surface area contributed by atoms with Gasteiger partial charge in [0.2, 0.25) is 0 Å². The van der Waals surface area contributed by atoms with Crippen molar-refractivity contribution in [2.75, 3.05) is 0 Å². The Morgan fingerprint density at radius 1 is 0.941 bits per heavy atom. The van der Waals surface area contributed by atoms with Gasteiger partial charge in [-0.05, 0) is 97.2 Å². The second-order valence-electron chi connectivity index (χ2n) is 13.6. The van der Waals surface area contributed by atoms with Crippen LogP contribution in [0.15, 0.2) is 0 Å². The van der Waals surface area contributed by atoms with Crippen LogP contribution in [0.25, 0.3) is 0 Å². The van der Waals surface area contributed by atoms with Crippen molar-refractivity contribution in [3.8, 4) is 0 Å². The Morgan fingerprint density at radius 3 is 2.41 bits per heavy atom. The Balaban J connectivity index is 1.33. The second kappa shape index (κ2) is 9.43. The van der Waals surface area contributed by atoms with E-state index in [-0.39, 0.29) is 6.10 Å². The van der Waals surface area contributed by atoms with Crippen molar-refractivity contribution in [3.05, 3.63) is 10.0 Å². The number of aryl methyl sites for hydroxylation is 1. The van der Waals surface area contributed by atoms with E-state index in [2.05, 4.69) is 51.7 Å². The molecule has 5 rings (SSSR count). The van der Waals surface area contributed by atoms with Crippen molar-refractivity contribution in [3.63, 3.8) is 0 Å². The summed E-state index contributed by atoms with van der Waals surface area (Å²) < 4.78 is 0. The molecular formula is C30H50N2OS. The third kappa shape index (κ3) is 3.92. The maximum Gasteiger partial charge on any atom is 0.119 e. The molecule has 3 nitrogen and oxygen atoms in total. The molecule has 0 amide bonds. The van der Waals surface area contributed by atoms with E-state index in [1.54, 1.807) is 0 Å². The average molecular weight is 487 g/mol. The van der Waals surface area contributed by atoms with Gasteiger partial charge in [0.25, 0.3) is 0 Å². The third-order valence-corrected chi connectivity index (χ3v) is 13.2. The van der Waals surface area contributed by atoms with E-state index in [0.717, 1.165) is 42.4 Å². The van der Waals surface area contributed by atoms with Crippen LogP contribution in [0.2, 0.25) is 0 Å². The Kier molecular flexibility index (Phi) is 6.99. The van der Waals surface area contributed by atoms with Crippen LogP contribution in [-0.4, -0.2) is 21.4 Å². The molecule has 0 spiro atoms. The first-order valence-corrected chi connectivity index (χ1v) is 15.5. The van der Waals surface area contributed by atoms with Crippen LogP contribution < -0.4 is 0 Å². The van der Waals surface area contributed by atoms with E-state index >= 15 is 0 Å². The van der Waals surface area contributed by atoms with Gasteiger partial charge in [0.15, 0.2) is 0 Å². The van der Waals surface area contributed by atoms with E-state index < -0.39 is 0 Å². The van der Waals surface area contributed by atoms with Crippen LogP contribution in [0, 0.1) is 52.3 Å². The lowest BCUT2D eigenvalue weighted by atomic mass is 9.41. The quantitative estimate of drug-likeness (QED) is 0.445. The SMILES string of the molecule is CC[C@H]1[C@@H](O)[C@@H]2[C@H](CC[C@]3(C)[C@@H]([C@H](C)CCc4nnc(C(C)C)s4)CC[C@@H]23)[C@@]2(C)CCCC[C@@H]12. The molecule has 0 unspecified atom stereocenters. The maximum absolute atomic E-state index is 11.9. The first-order chi connectivity index (χ1) is 16.2. The molecule has 4 fully saturated rings. The Bertz CT molecular complexity index is 853. The zero-order valence-corrected chi connectivity index (χ0v) is 23.5. The number of rotatable bonds is 6. The van der Waals surface area contributed by atoms with E-state index in [1.165, 1.54) is 67.8 Å². The van der Waals surface area contributed by atoms with Gasteiger partial charge >= 0.3 is 0 Å². The highest BCUT2D eigenvalue weighted by Crippen LogP contribution is 2.69. The van der Waals surface area contributed by atoms with Crippen molar-refractivity contribution in [2.24, 2.45) is 52.3 Å². The van der Waals surface area contributed by atoms with Crippen LogP contribution in [0.3, 0.4) is 0 Å². The van der Waals surface area contributed by atoms with E-state index in [9.17, 15) is 5.11 Å². The zero-order valence-electron chi connectivity index (χ0n) is 22.7. The summed E-state index contributed by atoms with van der Waals surface area (Å²) in [5.74, 6) is 5.28. The summed E-state index contributed by atoms with van der Waals surface area (Å²) >= 11 is 1.82. The molecule has 192 valence electrons. The third-order valence-electron chi connectivity index (χ3n) is 11.9. The number of aliphatic hydroxyl groups is 1. The molecule has 1 N–H and O–H groups in total. The first-order valence-electron chi connectivity index (χ1n) is 14.7. The van der Waals surface area contributed by atoms with Crippen LogP contribution in [-0.2, 0) is 6.42 Å². The van der Waals surface area contributed by atoms with Gasteiger partial charge in [-0.2, -0.15) is 0 Å². The highest BCUT2D eigenvalue weighted by atomic mass is 32.1. The van der Waals surface area contributed by atoms with Gasteiger partial charge in [0.1, 0.15) is 10.0 Å². The van der Waals surface area contributed by atoms with Crippen molar-refractivity contribution >= 4 is 11.3 Å². The minimum atomic E-state index is -0.0688. The predicted molar refractivity (Wildman–Crippen MR) is 142 cm³/mol. The highest BCUT2D eigenvalue weighted by Gasteiger charge is 2.64. The summed E-state index contributed by atoms with van der Waals surface area (Å²) in [6.07, 6.45) is 14.4. The molecule has 4 heteroatoms. The number of aliphatic hydroxyl groups excluding tert-OH is 1. The summed E-state index contributed by atoms with van der Waals surface area (Å²) in [5, 5.41) is 23.2. The number of nitrogens with zero attached hydrogens (tertiary/aromatic N) is 2. The standard InChI is InChI=1S/C30H50N2OS/c1-7-20-22-10-8-9-16-29(22,5)24-15-17-30(6)21(12-13-23(30)26(24)27(20)33)19(4)11-14-25-31-32-28(34-25)18(2)3/h18-24,26-27,33H,7-17H2,1-6H3/t19-,20-,21-,22+,23+,24+,26+,27-,29+,30-/m1/s1. The van der Waals surface area contributed by atoms with Crippen molar-refractivity contribution in [1.82, 2.24) is 10.2 Å². The van der Waals surface area contributed by atoms with Gasteiger partial charge < -0.3 is 5.11 Å². The fraction of sp³-hybridized carbons (Fsp3) is 0.933. The lowest BCUT2D eigenvalue weighted by molar-refractivity contribution is -0.194. The summed E-state index contributed by atoms with van der Waals surface area (Å²) in [7, 11) is 0. The Hall–Kier alpha value is -0.480. The van der Waals surface area contributed by atoms with Crippen LogP contribution in [0.4, 0.5) is 0 Å². The molecule has 4 aliphatic carbocycles. The van der Waals surface area contributed by atoms with Gasteiger partial charge in [0, 0.05) is 12.3 Å². The number of fused-ring (bicyclic) bond motifs is 5. The summed E-state index contributed by atoms with van der Waals surface area (Å²) in [6.45, 7) is 14.6. The van der Waals surface area contributed by atoms with Crippen LogP contribution in [0.1, 0.15) is 122 Å². The molecule has 4 aliphatic rings. The van der Waals surface area contributed by atoms with Gasteiger partial charge in [-0.15, -0.1) is 21.5 Å². The summed E-state index contributed by atoms with van der Waals surface area (Å²) in [5.41, 5.74) is 0.877. The fourth-order valence-corrected chi connectivity index (χ4v) is 11.0. The Morgan fingerprint density at radius 2 is 1.71 bits per heavy atom. The van der Waals surface area contributed by atoms with Gasteiger partial charge in [-0.3, -0.25) is 0 Å². The largest absolute Gasteiger partial charge is 0.393 e. The number of aromatic nitrogens is 2. The fourth-order valence-electron chi connectivity index (χ4n) is 10.2.